The molecule has 1 N–H and O–H groups in total. The number of aliphatic hydroxyl groups excluding tert-OH is 1. The summed E-state index contributed by atoms with van der Waals surface area (Å²) in [6.07, 6.45) is 3.04. The summed E-state index contributed by atoms with van der Waals surface area (Å²) in [4.78, 5) is 0. The Bertz CT molecular complexity index is 378. The summed E-state index contributed by atoms with van der Waals surface area (Å²) < 4.78 is 2.09. The van der Waals surface area contributed by atoms with Gasteiger partial charge in [-0.2, -0.15) is 11.3 Å². The number of nitrogens with zero attached hydrogens (tertiary/aromatic N) is 1. The van der Waals surface area contributed by atoms with E-state index in [9.17, 15) is 0 Å². The molecule has 0 fully saturated rings. The molecule has 2 heterocycles. The van der Waals surface area contributed by atoms with E-state index in [-0.39, 0.29) is 6.61 Å². The van der Waals surface area contributed by atoms with Crippen molar-refractivity contribution in [3.63, 3.8) is 0 Å². The Balaban J connectivity index is 1.98. The highest BCUT2D eigenvalue weighted by Crippen LogP contribution is 2.09. The zero-order valence-electron chi connectivity index (χ0n) is 7.89. The summed E-state index contributed by atoms with van der Waals surface area (Å²) in [5.41, 5.74) is 2.35. The van der Waals surface area contributed by atoms with E-state index in [1.54, 1.807) is 11.3 Å². The summed E-state index contributed by atoms with van der Waals surface area (Å²) in [6, 6.07) is 6.07. The maximum Gasteiger partial charge on any atom is 0.0832 e. The molecule has 0 aromatic carbocycles. The molecule has 0 saturated heterocycles. The molecule has 2 aromatic heterocycles. The quantitative estimate of drug-likeness (QED) is 0.817. The first-order valence-electron chi connectivity index (χ1n) is 4.66. The van der Waals surface area contributed by atoms with Crippen molar-refractivity contribution < 1.29 is 5.11 Å². The molecule has 0 radical (unpaired) electrons. The molecule has 0 aliphatic carbocycles. The van der Waals surface area contributed by atoms with Crippen molar-refractivity contribution in [2.45, 2.75) is 19.6 Å². The molecule has 3 heteroatoms. The summed E-state index contributed by atoms with van der Waals surface area (Å²) in [6.45, 7) is 1.07. The first kappa shape index (κ1) is 9.49. The maximum atomic E-state index is 9.05. The maximum absolute atomic E-state index is 9.05. The molecule has 0 saturated carbocycles. The third-order valence-corrected chi connectivity index (χ3v) is 3.04. The van der Waals surface area contributed by atoms with Crippen LogP contribution in [0.2, 0.25) is 0 Å². The topological polar surface area (TPSA) is 25.2 Å². The van der Waals surface area contributed by atoms with Gasteiger partial charge in [0, 0.05) is 18.4 Å². The monoisotopic (exact) mass is 207 g/mol. The van der Waals surface area contributed by atoms with Gasteiger partial charge in [0.05, 0.1) is 6.61 Å². The largest absolute Gasteiger partial charge is 0.390 e. The van der Waals surface area contributed by atoms with Gasteiger partial charge in [-0.05, 0) is 40.9 Å². The molecule has 2 rings (SSSR count). The first-order valence-corrected chi connectivity index (χ1v) is 5.60. The van der Waals surface area contributed by atoms with Crippen molar-refractivity contribution in [1.29, 1.82) is 0 Å². The number of hydrogen-bond acceptors (Lipinski definition) is 2. The van der Waals surface area contributed by atoms with Gasteiger partial charge in [0.2, 0.25) is 0 Å². The average Bonchev–Trinajstić information content (AvgIpc) is 2.85. The molecular formula is C11H13NOS. The van der Waals surface area contributed by atoms with Crippen molar-refractivity contribution >= 4 is 11.3 Å². The fourth-order valence-electron chi connectivity index (χ4n) is 1.50. The molecule has 0 spiro atoms. The lowest BCUT2D eigenvalue weighted by atomic mass is 10.2. The Morgan fingerprint density at radius 3 is 3.00 bits per heavy atom. The highest BCUT2D eigenvalue weighted by atomic mass is 32.1. The third-order valence-electron chi connectivity index (χ3n) is 2.31. The van der Waals surface area contributed by atoms with Crippen LogP contribution in [-0.4, -0.2) is 9.67 Å². The minimum Gasteiger partial charge on any atom is -0.390 e. The lowest BCUT2D eigenvalue weighted by molar-refractivity contribution is 0.270. The van der Waals surface area contributed by atoms with Crippen molar-refractivity contribution in [2.24, 2.45) is 0 Å². The minimum atomic E-state index is 0.122. The second-order valence-corrected chi connectivity index (χ2v) is 4.01. The fourth-order valence-corrected chi connectivity index (χ4v) is 2.20. The number of thiophene rings is 1. The number of rotatable bonds is 4. The Labute approximate surface area is 87.4 Å². The van der Waals surface area contributed by atoms with Gasteiger partial charge in [-0.15, -0.1) is 0 Å². The summed E-state index contributed by atoms with van der Waals surface area (Å²) in [5.74, 6) is 0. The SMILES string of the molecule is OCc1cccn1CCc1ccsc1. The minimum absolute atomic E-state index is 0.122. The highest BCUT2D eigenvalue weighted by Gasteiger charge is 1.99. The Morgan fingerprint density at radius 2 is 2.29 bits per heavy atom. The zero-order valence-corrected chi connectivity index (χ0v) is 8.70. The van der Waals surface area contributed by atoms with E-state index < -0.39 is 0 Å². The van der Waals surface area contributed by atoms with Crippen LogP contribution in [0.25, 0.3) is 0 Å². The standard InChI is InChI=1S/C11H13NOS/c13-8-11-2-1-5-12(11)6-3-10-4-7-14-9-10/h1-2,4-5,7,9,13H,3,6,8H2. The van der Waals surface area contributed by atoms with E-state index in [1.165, 1.54) is 5.56 Å². The molecule has 0 atom stereocenters. The molecule has 0 aliphatic rings. The molecule has 0 unspecified atom stereocenters. The van der Waals surface area contributed by atoms with E-state index in [4.69, 9.17) is 5.11 Å². The van der Waals surface area contributed by atoms with E-state index in [0.29, 0.717) is 0 Å². The average molecular weight is 207 g/mol. The van der Waals surface area contributed by atoms with Crippen LogP contribution in [0, 0.1) is 0 Å². The molecule has 2 aromatic rings. The van der Waals surface area contributed by atoms with E-state index in [1.807, 2.05) is 18.3 Å². The van der Waals surface area contributed by atoms with Crippen LogP contribution in [-0.2, 0) is 19.6 Å². The predicted molar refractivity (Wildman–Crippen MR) is 58.4 cm³/mol. The Hall–Kier alpha value is -1.06. The van der Waals surface area contributed by atoms with Crippen molar-refractivity contribution in [3.8, 4) is 0 Å². The van der Waals surface area contributed by atoms with Crippen LogP contribution in [0.5, 0.6) is 0 Å². The number of hydrogen-bond donors (Lipinski definition) is 1. The van der Waals surface area contributed by atoms with Crippen molar-refractivity contribution in [3.05, 3.63) is 46.4 Å². The van der Waals surface area contributed by atoms with Crippen LogP contribution >= 0.6 is 11.3 Å². The van der Waals surface area contributed by atoms with Crippen LogP contribution < -0.4 is 0 Å². The van der Waals surface area contributed by atoms with E-state index in [0.717, 1.165) is 18.7 Å². The molecule has 0 bridgehead atoms. The fraction of sp³-hybridized carbons (Fsp3) is 0.273. The Morgan fingerprint density at radius 1 is 1.36 bits per heavy atom. The number of aromatic nitrogens is 1. The summed E-state index contributed by atoms with van der Waals surface area (Å²) in [5, 5.41) is 13.3. The van der Waals surface area contributed by atoms with Crippen molar-refractivity contribution in [1.82, 2.24) is 4.57 Å². The van der Waals surface area contributed by atoms with Gasteiger partial charge in [0.15, 0.2) is 0 Å². The molecule has 0 amide bonds. The zero-order chi connectivity index (χ0) is 9.80. The van der Waals surface area contributed by atoms with Crippen LogP contribution in [0.1, 0.15) is 11.3 Å². The molecule has 14 heavy (non-hydrogen) atoms. The summed E-state index contributed by atoms with van der Waals surface area (Å²) in [7, 11) is 0. The lowest BCUT2D eigenvalue weighted by Gasteiger charge is -2.05. The van der Waals surface area contributed by atoms with E-state index >= 15 is 0 Å². The van der Waals surface area contributed by atoms with Gasteiger partial charge in [-0.25, -0.2) is 0 Å². The Kier molecular flexibility index (Phi) is 3.01. The third kappa shape index (κ3) is 2.05. The second-order valence-electron chi connectivity index (χ2n) is 3.23. The normalized spacial score (nSPS) is 10.6. The molecule has 2 nitrogen and oxygen atoms in total. The van der Waals surface area contributed by atoms with Crippen LogP contribution in [0.15, 0.2) is 35.2 Å². The molecule has 0 aliphatic heterocycles. The van der Waals surface area contributed by atoms with E-state index in [2.05, 4.69) is 21.4 Å². The van der Waals surface area contributed by atoms with Gasteiger partial charge < -0.3 is 9.67 Å². The summed E-state index contributed by atoms with van der Waals surface area (Å²) >= 11 is 1.73. The molecular weight excluding hydrogens is 194 g/mol. The van der Waals surface area contributed by atoms with Gasteiger partial charge in [0.1, 0.15) is 0 Å². The van der Waals surface area contributed by atoms with Gasteiger partial charge in [-0.3, -0.25) is 0 Å². The van der Waals surface area contributed by atoms with Gasteiger partial charge in [-0.1, -0.05) is 0 Å². The predicted octanol–water partition coefficient (Wildman–Crippen LogP) is 2.28. The van der Waals surface area contributed by atoms with Crippen LogP contribution in [0.4, 0.5) is 0 Å². The lowest BCUT2D eigenvalue weighted by Crippen LogP contribution is -2.03. The van der Waals surface area contributed by atoms with Gasteiger partial charge in [0.25, 0.3) is 0 Å². The second kappa shape index (κ2) is 4.44. The highest BCUT2D eigenvalue weighted by molar-refractivity contribution is 7.07. The van der Waals surface area contributed by atoms with Crippen LogP contribution in [0.3, 0.4) is 0 Å². The van der Waals surface area contributed by atoms with Gasteiger partial charge >= 0.3 is 0 Å². The van der Waals surface area contributed by atoms with Crippen molar-refractivity contribution in [2.75, 3.05) is 0 Å². The number of aliphatic hydroxyl groups is 1. The first-order chi connectivity index (χ1) is 6.90. The molecule has 74 valence electrons. The number of aryl methyl sites for hydroxylation is 2. The smallest absolute Gasteiger partial charge is 0.0832 e.